The van der Waals surface area contributed by atoms with E-state index in [0.29, 0.717) is 36.3 Å². The molecule has 6 nitrogen and oxygen atoms in total. The van der Waals surface area contributed by atoms with Crippen LogP contribution in [0, 0.1) is 6.92 Å². The van der Waals surface area contributed by atoms with E-state index in [4.69, 9.17) is 14.2 Å². The van der Waals surface area contributed by atoms with Crippen LogP contribution in [0.2, 0.25) is 0 Å². The molecule has 0 amide bonds. The molecule has 0 spiro atoms. The molecule has 0 saturated carbocycles. The molecule has 1 N–H and O–H groups in total. The van der Waals surface area contributed by atoms with Crippen LogP contribution >= 0.6 is 0 Å². The Hall–Kier alpha value is -2.76. The van der Waals surface area contributed by atoms with Gasteiger partial charge >= 0.3 is 5.97 Å². The van der Waals surface area contributed by atoms with Crippen molar-refractivity contribution in [2.75, 3.05) is 20.8 Å². The molecule has 1 aliphatic rings. The first-order valence-electron chi connectivity index (χ1n) is 9.13. The number of carbonyl (C=O) groups is 2. The van der Waals surface area contributed by atoms with E-state index in [0.717, 1.165) is 29.2 Å². The number of hydrogen-bond acceptors (Lipinski definition) is 5. The molecule has 27 heavy (non-hydrogen) atoms. The molecule has 1 atom stereocenters. The summed E-state index contributed by atoms with van der Waals surface area (Å²) in [5.41, 5.74) is 3.38. The number of aromatic nitrogens is 1. The summed E-state index contributed by atoms with van der Waals surface area (Å²) in [5, 5.41) is 0. The molecule has 1 aliphatic carbocycles. The Morgan fingerprint density at radius 1 is 1.22 bits per heavy atom. The quantitative estimate of drug-likeness (QED) is 0.781. The third-order valence-corrected chi connectivity index (χ3v) is 5.01. The Morgan fingerprint density at radius 2 is 2.00 bits per heavy atom. The second-order valence-corrected chi connectivity index (χ2v) is 6.75. The molecule has 1 aromatic carbocycles. The lowest BCUT2D eigenvalue weighted by atomic mass is 9.81. The van der Waals surface area contributed by atoms with Crippen LogP contribution in [0.15, 0.2) is 18.2 Å². The first-order chi connectivity index (χ1) is 13.0. The Labute approximate surface area is 158 Å². The summed E-state index contributed by atoms with van der Waals surface area (Å²) in [7, 11) is 3.22. The van der Waals surface area contributed by atoms with E-state index in [1.54, 1.807) is 21.1 Å². The number of H-pyrrole nitrogens is 1. The summed E-state index contributed by atoms with van der Waals surface area (Å²) < 4.78 is 16.0. The molecule has 6 heteroatoms. The van der Waals surface area contributed by atoms with Crippen molar-refractivity contribution in [2.24, 2.45) is 0 Å². The van der Waals surface area contributed by atoms with Crippen LogP contribution < -0.4 is 9.47 Å². The highest BCUT2D eigenvalue weighted by Gasteiger charge is 2.33. The number of methoxy groups -OCH3 is 2. The van der Waals surface area contributed by atoms with Crippen molar-refractivity contribution < 1.29 is 23.8 Å². The van der Waals surface area contributed by atoms with Crippen LogP contribution in [0.3, 0.4) is 0 Å². The van der Waals surface area contributed by atoms with Crippen molar-refractivity contribution >= 4 is 11.8 Å². The molecule has 0 unspecified atom stereocenters. The highest BCUT2D eigenvalue weighted by Crippen LogP contribution is 2.40. The van der Waals surface area contributed by atoms with E-state index < -0.39 is 5.97 Å². The van der Waals surface area contributed by atoms with Gasteiger partial charge in [0.15, 0.2) is 5.78 Å². The maximum absolute atomic E-state index is 12.8. The fraction of sp³-hybridized carbons (Fsp3) is 0.429. The number of esters is 1. The van der Waals surface area contributed by atoms with Gasteiger partial charge in [0.1, 0.15) is 17.2 Å². The number of carbonyl (C=O) groups excluding carboxylic acids is 2. The molecule has 1 heterocycles. The molecule has 3 rings (SSSR count). The minimum absolute atomic E-state index is 0.0226. The first kappa shape index (κ1) is 19.0. The highest BCUT2D eigenvalue weighted by molar-refractivity contribution is 6.03. The summed E-state index contributed by atoms with van der Waals surface area (Å²) in [6.07, 6.45) is 1.73. The van der Waals surface area contributed by atoms with E-state index in [2.05, 4.69) is 4.98 Å². The number of rotatable bonds is 6. The third-order valence-electron chi connectivity index (χ3n) is 5.01. The SMILES string of the molecule is CCCOC(=O)c1[nH]c2c(c1C)C(=O)C[C@@H](c1cc(OC)ccc1OC)C2. The Morgan fingerprint density at radius 3 is 2.67 bits per heavy atom. The summed E-state index contributed by atoms with van der Waals surface area (Å²) in [4.78, 5) is 28.3. The molecule has 0 bridgehead atoms. The van der Waals surface area contributed by atoms with Gasteiger partial charge in [0.25, 0.3) is 0 Å². The predicted octanol–water partition coefficient (Wildman–Crippen LogP) is 3.82. The summed E-state index contributed by atoms with van der Waals surface area (Å²) in [6.45, 7) is 4.09. The molecule has 0 radical (unpaired) electrons. The van der Waals surface area contributed by atoms with Crippen LogP contribution in [-0.2, 0) is 11.2 Å². The van der Waals surface area contributed by atoms with Crippen LogP contribution in [0.1, 0.15) is 63.4 Å². The number of aromatic amines is 1. The number of ether oxygens (including phenoxy) is 3. The predicted molar refractivity (Wildman–Crippen MR) is 101 cm³/mol. The number of fused-ring (bicyclic) bond motifs is 1. The zero-order valence-electron chi connectivity index (χ0n) is 16.2. The van der Waals surface area contributed by atoms with Gasteiger partial charge in [-0.2, -0.15) is 0 Å². The number of benzene rings is 1. The van der Waals surface area contributed by atoms with Gasteiger partial charge < -0.3 is 19.2 Å². The average Bonchev–Trinajstić information content (AvgIpc) is 3.02. The van der Waals surface area contributed by atoms with Crippen molar-refractivity contribution in [1.29, 1.82) is 0 Å². The zero-order valence-corrected chi connectivity index (χ0v) is 16.2. The van der Waals surface area contributed by atoms with Gasteiger partial charge in [0, 0.05) is 29.2 Å². The van der Waals surface area contributed by atoms with E-state index in [1.165, 1.54) is 0 Å². The van der Waals surface area contributed by atoms with E-state index in [9.17, 15) is 9.59 Å². The van der Waals surface area contributed by atoms with Gasteiger partial charge in [0.05, 0.1) is 20.8 Å². The van der Waals surface area contributed by atoms with Gasteiger partial charge in [-0.1, -0.05) is 6.92 Å². The second-order valence-electron chi connectivity index (χ2n) is 6.75. The van der Waals surface area contributed by atoms with Gasteiger partial charge in [-0.25, -0.2) is 4.79 Å². The van der Waals surface area contributed by atoms with Crippen LogP contribution in [0.5, 0.6) is 11.5 Å². The number of nitrogens with one attached hydrogen (secondary N) is 1. The first-order valence-corrected chi connectivity index (χ1v) is 9.13. The van der Waals surface area contributed by atoms with Crippen LogP contribution in [0.4, 0.5) is 0 Å². The van der Waals surface area contributed by atoms with Crippen molar-refractivity contribution in [2.45, 2.75) is 39.0 Å². The van der Waals surface area contributed by atoms with Gasteiger partial charge in [-0.3, -0.25) is 4.79 Å². The normalized spacial score (nSPS) is 16.0. The molecule has 0 saturated heterocycles. The smallest absolute Gasteiger partial charge is 0.355 e. The van der Waals surface area contributed by atoms with Crippen molar-refractivity contribution in [3.63, 3.8) is 0 Å². The minimum Gasteiger partial charge on any atom is -0.497 e. The lowest BCUT2D eigenvalue weighted by Gasteiger charge is -2.24. The lowest BCUT2D eigenvalue weighted by Crippen LogP contribution is -2.19. The fourth-order valence-electron chi connectivity index (χ4n) is 3.68. The maximum Gasteiger partial charge on any atom is 0.355 e. The van der Waals surface area contributed by atoms with E-state index >= 15 is 0 Å². The molecular weight excluding hydrogens is 346 g/mol. The second kappa shape index (κ2) is 7.86. The maximum atomic E-state index is 12.8. The average molecular weight is 371 g/mol. The van der Waals surface area contributed by atoms with Gasteiger partial charge in [0.2, 0.25) is 0 Å². The Bertz CT molecular complexity index is 868. The van der Waals surface area contributed by atoms with Gasteiger partial charge in [-0.15, -0.1) is 0 Å². The fourth-order valence-corrected chi connectivity index (χ4v) is 3.68. The number of ketones is 1. The lowest BCUT2D eigenvalue weighted by molar-refractivity contribution is 0.0498. The van der Waals surface area contributed by atoms with Crippen molar-refractivity contribution in [1.82, 2.24) is 4.98 Å². The van der Waals surface area contributed by atoms with Crippen LogP contribution in [0.25, 0.3) is 0 Å². The monoisotopic (exact) mass is 371 g/mol. The van der Waals surface area contributed by atoms with Gasteiger partial charge in [-0.05, 0) is 43.5 Å². The molecule has 1 aromatic heterocycles. The largest absolute Gasteiger partial charge is 0.497 e. The molecule has 0 aliphatic heterocycles. The number of hydrogen-bond donors (Lipinski definition) is 1. The summed E-state index contributed by atoms with van der Waals surface area (Å²) in [6, 6.07) is 5.59. The molecule has 0 fully saturated rings. The van der Waals surface area contributed by atoms with E-state index in [1.807, 2.05) is 25.1 Å². The van der Waals surface area contributed by atoms with Crippen molar-refractivity contribution in [3.05, 3.63) is 46.3 Å². The standard InChI is InChI=1S/C21H25NO5/c1-5-8-27-21(24)20-12(2)19-16(22-20)9-13(10-17(19)23)15-11-14(25-3)6-7-18(15)26-4/h6-7,11,13,22H,5,8-10H2,1-4H3/t13-/m0/s1. The summed E-state index contributed by atoms with van der Waals surface area (Å²) >= 11 is 0. The molecular formula is C21H25NO5. The topological polar surface area (TPSA) is 77.6 Å². The highest BCUT2D eigenvalue weighted by atomic mass is 16.5. The minimum atomic E-state index is -0.410. The molecule has 144 valence electrons. The third kappa shape index (κ3) is 3.56. The Balaban J connectivity index is 1.95. The number of Topliss-reactive ketones (excluding diaryl/α,β-unsaturated/α-hetero) is 1. The molecule has 2 aromatic rings. The zero-order chi connectivity index (χ0) is 19.6. The van der Waals surface area contributed by atoms with Crippen LogP contribution in [-0.4, -0.2) is 37.6 Å². The Kier molecular flexibility index (Phi) is 5.54. The van der Waals surface area contributed by atoms with Crippen molar-refractivity contribution in [3.8, 4) is 11.5 Å². The van der Waals surface area contributed by atoms with E-state index in [-0.39, 0.29) is 11.7 Å². The summed E-state index contributed by atoms with van der Waals surface area (Å²) in [5.74, 6) is 1.01.